The van der Waals surface area contributed by atoms with Crippen LogP contribution in [0.15, 0.2) is 71.8 Å². The van der Waals surface area contributed by atoms with Gasteiger partial charge in [-0.2, -0.15) is 0 Å². The van der Waals surface area contributed by atoms with Crippen molar-refractivity contribution in [1.82, 2.24) is 9.55 Å². The van der Waals surface area contributed by atoms with Gasteiger partial charge in [-0.3, -0.25) is 14.2 Å². The van der Waals surface area contributed by atoms with Gasteiger partial charge in [-0.15, -0.1) is 0 Å². The lowest BCUT2D eigenvalue weighted by molar-refractivity contribution is -0.116. The van der Waals surface area contributed by atoms with Crippen molar-refractivity contribution in [2.24, 2.45) is 0 Å². The van der Waals surface area contributed by atoms with E-state index in [1.165, 1.54) is 17.0 Å². The monoisotopic (exact) mass is 376 g/mol. The minimum atomic E-state index is -0.271. The molecular weight excluding hydrogens is 352 g/mol. The second-order valence-electron chi connectivity index (χ2n) is 6.37. The number of amides is 1. The highest BCUT2D eigenvalue weighted by atomic mass is 16.2. The number of aromatic nitrogens is 2. The van der Waals surface area contributed by atoms with E-state index in [0.29, 0.717) is 11.4 Å². The van der Waals surface area contributed by atoms with Crippen LogP contribution in [0, 0.1) is 0 Å². The van der Waals surface area contributed by atoms with Gasteiger partial charge in [0.25, 0.3) is 5.56 Å². The summed E-state index contributed by atoms with van der Waals surface area (Å²) in [5.74, 6) is -0.271. The van der Waals surface area contributed by atoms with Gasteiger partial charge in [0.1, 0.15) is 6.54 Å². The Kier molecular flexibility index (Phi) is 6.22. The molecule has 28 heavy (non-hydrogen) atoms. The molecule has 0 aliphatic carbocycles. The van der Waals surface area contributed by atoms with Gasteiger partial charge in [0.15, 0.2) is 0 Å². The van der Waals surface area contributed by atoms with Gasteiger partial charge in [-0.1, -0.05) is 30.3 Å². The van der Waals surface area contributed by atoms with Crippen LogP contribution in [0.5, 0.6) is 0 Å². The second kappa shape index (κ2) is 8.99. The first-order valence-corrected chi connectivity index (χ1v) is 9.37. The summed E-state index contributed by atoms with van der Waals surface area (Å²) in [7, 11) is 0. The Hall–Kier alpha value is -3.41. The normalized spacial score (nSPS) is 10.5. The van der Waals surface area contributed by atoms with Crippen LogP contribution in [0.1, 0.15) is 13.8 Å². The van der Waals surface area contributed by atoms with Gasteiger partial charge >= 0.3 is 0 Å². The van der Waals surface area contributed by atoms with Gasteiger partial charge in [0.2, 0.25) is 5.91 Å². The van der Waals surface area contributed by atoms with Crippen LogP contribution in [0.2, 0.25) is 0 Å². The Morgan fingerprint density at radius 2 is 1.71 bits per heavy atom. The number of rotatable bonds is 7. The molecule has 1 aromatic heterocycles. The summed E-state index contributed by atoms with van der Waals surface area (Å²) in [6.45, 7) is 5.98. The lowest BCUT2D eigenvalue weighted by Crippen LogP contribution is -2.27. The summed E-state index contributed by atoms with van der Waals surface area (Å²) in [5.41, 5.74) is 3.00. The Morgan fingerprint density at radius 1 is 1.04 bits per heavy atom. The van der Waals surface area contributed by atoms with E-state index in [1.807, 2.05) is 54.6 Å². The third-order valence-electron chi connectivity index (χ3n) is 4.54. The molecule has 0 atom stereocenters. The number of hydrogen-bond acceptors (Lipinski definition) is 4. The molecule has 0 aliphatic rings. The summed E-state index contributed by atoms with van der Waals surface area (Å²) in [4.78, 5) is 31.2. The van der Waals surface area contributed by atoms with Crippen LogP contribution < -0.4 is 15.8 Å². The smallest absolute Gasteiger partial charge is 0.254 e. The molecule has 1 amide bonds. The van der Waals surface area contributed by atoms with E-state index in [9.17, 15) is 9.59 Å². The topological polar surface area (TPSA) is 67.2 Å². The molecule has 144 valence electrons. The Balaban J connectivity index is 1.66. The fraction of sp³-hybridized carbons (Fsp3) is 0.227. The van der Waals surface area contributed by atoms with Crippen LogP contribution in [0.25, 0.3) is 11.3 Å². The molecule has 6 heteroatoms. The Bertz CT molecular complexity index is 977. The maximum absolute atomic E-state index is 12.3. The molecule has 0 saturated carbocycles. The van der Waals surface area contributed by atoms with E-state index in [4.69, 9.17) is 0 Å². The van der Waals surface area contributed by atoms with E-state index in [0.717, 1.165) is 24.3 Å². The quantitative estimate of drug-likeness (QED) is 0.686. The first kappa shape index (κ1) is 19.4. The Morgan fingerprint density at radius 3 is 2.32 bits per heavy atom. The third kappa shape index (κ3) is 4.65. The molecule has 6 nitrogen and oxygen atoms in total. The molecule has 0 spiro atoms. The van der Waals surface area contributed by atoms with Crippen molar-refractivity contribution >= 4 is 17.3 Å². The molecule has 3 aromatic rings. The van der Waals surface area contributed by atoms with Crippen molar-refractivity contribution < 1.29 is 4.79 Å². The maximum atomic E-state index is 12.3. The molecule has 0 fully saturated rings. The van der Waals surface area contributed by atoms with Crippen molar-refractivity contribution in [3.63, 3.8) is 0 Å². The number of carbonyl (C=O) groups is 1. The zero-order chi connectivity index (χ0) is 19.9. The van der Waals surface area contributed by atoms with Gasteiger partial charge in [-0.25, -0.2) is 4.98 Å². The average molecular weight is 376 g/mol. The van der Waals surface area contributed by atoms with Gasteiger partial charge in [0.05, 0.1) is 12.0 Å². The standard InChI is InChI=1S/C22H24N4O2/c1-3-25(4-2)19-12-10-18(11-13-19)24-21(27)15-26-16-23-20(14-22(26)28)17-8-6-5-7-9-17/h5-14,16H,3-4,15H2,1-2H3,(H,24,27). The Labute approximate surface area is 164 Å². The van der Waals surface area contributed by atoms with E-state index in [-0.39, 0.29) is 18.0 Å². The summed E-state index contributed by atoms with van der Waals surface area (Å²) in [5, 5.41) is 2.82. The predicted octanol–water partition coefficient (Wildman–Crippen LogP) is 3.40. The minimum Gasteiger partial charge on any atom is -0.372 e. The van der Waals surface area contributed by atoms with Crippen LogP contribution in [-0.4, -0.2) is 28.5 Å². The fourth-order valence-corrected chi connectivity index (χ4v) is 3.01. The number of nitrogens with one attached hydrogen (secondary N) is 1. The number of anilines is 2. The molecule has 3 rings (SSSR count). The molecule has 0 bridgehead atoms. The van der Waals surface area contributed by atoms with Crippen molar-refractivity contribution in [2.45, 2.75) is 20.4 Å². The van der Waals surface area contributed by atoms with E-state index in [2.05, 4.69) is 29.0 Å². The molecule has 2 aromatic carbocycles. The summed E-state index contributed by atoms with van der Waals surface area (Å²) in [6, 6.07) is 18.6. The summed E-state index contributed by atoms with van der Waals surface area (Å²) < 4.78 is 1.30. The van der Waals surface area contributed by atoms with Crippen molar-refractivity contribution in [1.29, 1.82) is 0 Å². The molecule has 0 unspecified atom stereocenters. The molecule has 0 aliphatic heterocycles. The SMILES string of the molecule is CCN(CC)c1ccc(NC(=O)Cn2cnc(-c3ccccc3)cc2=O)cc1. The van der Waals surface area contributed by atoms with E-state index >= 15 is 0 Å². The largest absolute Gasteiger partial charge is 0.372 e. The second-order valence-corrected chi connectivity index (χ2v) is 6.37. The number of carbonyl (C=O) groups excluding carboxylic acids is 1. The zero-order valence-electron chi connectivity index (χ0n) is 16.1. The van der Waals surface area contributed by atoms with Crippen molar-refractivity contribution in [3.05, 3.63) is 77.3 Å². The van der Waals surface area contributed by atoms with E-state index in [1.54, 1.807) is 0 Å². The predicted molar refractivity (Wildman–Crippen MR) is 113 cm³/mol. The van der Waals surface area contributed by atoms with Crippen LogP contribution in [0.4, 0.5) is 11.4 Å². The molecule has 0 saturated heterocycles. The lowest BCUT2D eigenvalue weighted by atomic mass is 10.1. The van der Waals surface area contributed by atoms with Crippen LogP contribution in [-0.2, 0) is 11.3 Å². The zero-order valence-corrected chi connectivity index (χ0v) is 16.1. The maximum Gasteiger partial charge on any atom is 0.254 e. The number of benzene rings is 2. The van der Waals surface area contributed by atoms with E-state index < -0.39 is 0 Å². The number of hydrogen-bond donors (Lipinski definition) is 1. The first-order valence-electron chi connectivity index (χ1n) is 9.37. The highest BCUT2D eigenvalue weighted by molar-refractivity contribution is 5.90. The summed E-state index contributed by atoms with van der Waals surface area (Å²) in [6.07, 6.45) is 1.41. The fourth-order valence-electron chi connectivity index (χ4n) is 3.01. The number of nitrogens with zero attached hydrogens (tertiary/aromatic N) is 3. The lowest BCUT2D eigenvalue weighted by Gasteiger charge is -2.21. The minimum absolute atomic E-state index is 0.0846. The van der Waals surface area contributed by atoms with Crippen LogP contribution in [0.3, 0.4) is 0 Å². The van der Waals surface area contributed by atoms with Crippen molar-refractivity contribution in [3.8, 4) is 11.3 Å². The third-order valence-corrected chi connectivity index (χ3v) is 4.54. The highest BCUT2D eigenvalue weighted by Gasteiger charge is 2.08. The molecule has 1 N–H and O–H groups in total. The molecule has 0 radical (unpaired) electrons. The van der Waals surface area contributed by atoms with Gasteiger partial charge in [0, 0.05) is 36.1 Å². The summed E-state index contributed by atoms with van der Waals surface area (Å²) >= 11 is 0. The van der Waals surface area contributed by atoms with Crippen LogP contribution >= 0.6 is 0 Å². The average Bonchev–Trinajstić information content (AvgIpc) is 2.72. The van der Waals surface area contributed by atoms with Crippen molar-refractivity contribution in [2.75, 3.05) is 23.3 Å². The first-order chi connectivity index (χ1) is 13.6. The molecular formula is C22H24N4O2. The molecule has 1 heterocycles. The van der Waals surface area contributed by atoms with Gasteiger partial charge in [-0.05, 0) is 38.1 Å². The highest BCUT2D eigenvalue weighted by Crippen LogP contribution is 2.18. The van der Waals surface area contributed by atoms with Gasteiger partial charge < -0.3 is 10.2 Å².